The Morgan fingerprint density at radius 2 is 1.84 bits per heavy atom. The minimum absolute atomic E-state index is 0.00000283. The maximum absolute atomic E-state index is 13.5. The molecule has 7 heteroatoms. The highest BCUT2D eigenvalue weighted by atomic mass is 16.5. The number of carbonyl (C=O) groups is 2. The van der Waals surface area contributed by atoms with Gasteiger partial charge in [0.1, 0.15) is 11.9 Å². The Kier molecular flexibility index (Phi) is 5.99. The van der Waals surface area contributed by atoms with Crippen molar-refractivity contribution in [1.82, 2.24) is 9.80 Å². The van der Waals surface area contributed by atoms with Crippen LogP contribution in [0.2, 0.25) is 0 Å². The lowest BCUT2D eigenvalue weighted by atomic mass is 10.0. The average molecular weight is 436 g/mol. The Morgan fingerprint density at radius 1 is 1.06 bits per heavy atom. The zero-order valence-electron chi connectivity index (χ0n) is 18.2. The molecule has 3 aliphatic rings. The van der Waals surface area contributed by atoms with E-state index < -0.39 is 6.17 Å². The SMILES string of the molecule is O=C(COc1ccccc1[C@@H]1Nc2ccccc2C(=O)N1C[C@H]1CCCO1)N1CCCC1. The second-order valence-corrected chi connectivity index (χ2v) is 8.60. The van der Waals surface area contributed by atoms with E-state index in [1.54, 1.807) is 0 Å². The van der Waals surface area contributed by atoms with Crippen molar-refractivity contribution in [3.8, 4) is 5.75 Å². The Morgan fingerprint density at radius 3 is 2.66 bits per heavy atom. The van der Waals surface area contributed by atoms with Crippen molar-refractivity contribution in [3.63, 3.8) is 0 Å². The summed E-state index contributed by atoms with van der Waals surface area (Å²) in [6.07, 6.45) is 3.68. The van der Waals surface area contributed by atoms with Crippen LogP contribution in [-0.2, 0) is 9.53 Å². The van der Waals surface area contributed by atoms with E-state index in [2.05, 4.69) is 5.32 Å². The highest BCUT2D eigenvalue weighted by Gasteiger charge is 2.36. The first kappa shape index (κ1) is 20.8. The van der Waals surface area contributed by atoms with Crippen molar-refractivity contribution < 1.29 is 19.1 Å². The lowest BCUT2D eigenvalue weighted by Crippen LogP contribution is -2.46. The molecule has 3 heterocycles. The number of ether oxygens (including phenoxy) is 2. The number of nitrogens with zero attached hydrogens (tertiary/aromatic N) is 2. The number of nitrogens with one attached hydrogen (secondary N) is 1. The van der Waals surface area contributed by atoms with Crippen molar-refractivity contribution in [2.24, 2.45) is 0 Å². The van der Waals surface area contributed by atoms with E-state index in [4.69, 9.17) is 9.47 Å². The number of fused-ring (bicyclic) bond motifs is 1. The normalized spacial score (nSPS) is 22.6. The molecule has 7 nitrogen and oxygen atoms in total. The first-order valence-electron chi connectivity index (χ1n) is 11.5. The van der Waals surface area contributed by atoms with Gasteiger partial charge in [0.15, 0.2) is 6.61 Å². The molecule has 32 heavy (non-hydrogen) atoms. The minimum atomic E-state index is -0.403. The van der Waals surface area contributed by atoms with E-state index in [1.165, 1.54) is 0 Å². The molecule has 0 aromatic heterocycles. The number of anilines is 1. The lowest BCUT2D eigenvalue weighted by molar-refractivity contribution is -0.132. The van der Waals surface area contributed by atoms with Crippen molar-refractivity contribution >= 4 is 17.5 Å². The van der Waals surface area contributed by atoms with Crippen LogP contribution in [0.3, 0.4) is 0 Å². The second kappa shape index (κ2) is 9.20. The van der Waals surface area contributed by atoms with Gasteiger partial charge in [0, 0.05) is 37.5 Å². The van der Waals surface area contributed by atoms with Crippen LogP contribution in [0.5, 0.6) is 5.75 Å². The summed E-state index contributed by atoms with van der Waals surface area (Å²) in [6, 6.07) is 15.2. The number of amides is 2. The van der Waals surface area contributed by atoms with Gasteiger partial charge in [-0.25, -0.2) is 0 Å². The topological polar surface area (TPSA) is 71.1 Å². The first-order valence-corrected chi connectivity index (χ1v) is 11.5. The Bertz CT molecular complexity index is 983. The lowest BCUT2D eigenvalue weighted by Gasteiger charge is -2.39. The molecule has 0 unspecified atom stereocenters. The highest BCUT2D eigenvalue weighted by molar-refractivity contribution is 6.01. The number of likely N-dealkylation sites (tertiary alicyclic amines) is 1. The molecule has 2 aromatic rings. The van der Waals surface area contributed by atoms with Gasteiger partial charge >= 0.3 is 0 Å². The number of carbonyl (C=O) groups excluding carboxylic acids is 2. The van der Waals surface area contributed by atoms with E-state index in [0.29, 0.717) is 17.9 Å². The van der Waals surface area contributed by atoms with Gasteiger partial charge in [-0.05, 0) is 43.9 Å². The number of rotatable bonds is 6. The maximum Gasteiger partial charge on any atom is 0.260 e. The predicted octanol–water partition coefficient (Wildman–Crippen LogP) is 3.43. The van der Waals surface area contributed by atoms with E-state index >= 15 is 0 Å². The molecule has 2 amide bonds. The zero-order valence-corrected chi connectivity index (χ0v) is 18.2. The van der Waals surface area contributed by atoms with Gasteiger partial charge in [-0.1, -0.05) is 30.3 Å². The number of para-hydroxylation sites is 2. The third-order valence-electron chi connectivity index (χ3n) is 6.47. The van der Waals surface area contributed by atoms with Gasteiger partial charge in [-0.2, -0.15) is 0 Å². The van der Waals surface area contributed by atoms with E-state index in [1.807, 2.05) is 58.3 Å². The van der Waals surface area contributed by atoms with Crippen molar-refractivity contribution in [1.29, 1.82) is 0 Å². The molecule has 3 aliphatic heterocycles. The highest BCUT2D eigenvalue weighted by Crippen LogP contribution is 2.37. The van der Waals surface area contributed by atoms with E-state index in [9.17, 15) is 9.59 Å². The Balaban J connectivity index is 1.42. The van der Waals surface area contributed by atoms with Gasteiger partial charge < -0.3 is 24.6 Å². The second-order valence-electron chi connectivity index (χ2n) is 8.60. The van der Waals surface area contributed by atoms with Crippen LogP contribution in [0.1, 0.15) is 47.8 Å². The molecule has 0 radical (unpaired) electrons. The van der Waals surface area contributed by atoms with Crippen molar-refractivity contribution in [2.45, 2.75) is 38.0 Å². The van der Waals surface area contributed by atoms with Gasteiger partial charge in [0.2, 0.25) is 0 Å². The van der Waals surface area contributed by atoms with Crippen LogP contribution in [0.4, 0.5) is 5.69 Å². The van der Waals surface area contributed by atoms with Crippen LogP contribution in [0.15, 0.2) is 48.5 Å². The zero-order chi connectivity index (χ0) is 21.9. The molecule has 168 valence electrons. The van der Waals surface area contributed by atoms with E-state index in [0.717, 1.165) is 56.6 Å². The maximum atomic E-state index is 13.5. The Labute approximate surface area is 188 Å². The van der Waals surface area contributed by atoms with Crippen molar-refractivity contribution in [2.75, 3.05) is 38.2 Å². The molecule has 0 bridgehead atoms. The summed E-state index contributed by atoms with van der Waals surface area (Å²) in [6.45, 7) is 2.84. The predicted molar refractivity (Wildman–Crippen MR) is 121 cm³/mol. The van der Waals surface area contributed by atoms with Crippen LogP contribution in [0, 0.1) is 0 Å². The first-order chi connectivity index (χ1) is 15.7. The minimum Gasteiger partial charge on any atom is -0.483 e. The van der Waals surface area contributed by atoms with Crippen LogP contribution >= 0.6 is 0 Å². The van der Waals surface area contributed by atoms with Gasteiger partial charge in [0.05, 0.1) is 11.7 Å². The molecule has 5 rings (SSSR count). The summed E-state index contributed by atoms with van der Waals surface area (Å²) in [7, 11) is 0. The standard InChI is InChI=1S/C25H29N3O4/c29-23(27-13-5-6-14-27)17-32-22-12-4-2-10-20(22)24-26-21-11-3-1-9-19(21)25(30)28(24)16-18-8-7-15-31-18/h1-4,9-12,18,24,26H,5-8,13-17H2/t18-,24-/m1/s1. The molecular formula is C25H29N3O4. The summed E-state index contributed by atoms with van der Waals surface area (Å²) < 4.78 is 11.8. The average Bonchev–Trinajstić information content (AvgIpc) is 3.54. The molecule has 0 saturated carbocycles. The molecule has 0 spiro atoms. The van der Waals surface area contributed by atoms with Crippen molar-refractivity contribution in [3.05, 3.63) is 59.7 Å². The third kappa shape index (κ3) is 4.17. The summed E-state index contributed by atoms with van der Waals surface area (Å²) in [4.78, 5) is 29.7. The van der Waals surface area contributed by atoms with E-state index in [-0.39, 0.29) is 24.5 Å². The van der Waals surface area contributed by atoms with Crippen LogP contribution in [0.25, 0.3) is 0 Å². The molecule has 2 aromatic carbocycles. The van der Waals surface area contributed by atoms with Gasteiger partial charge in [-0.3, -0.25) is 9.59 Å². The summed E-state index contributed by atoms with van der Waals surface area (Å²) in [5.41, 5.74) is 2.29. The molecule has 0 aliphatic carbocycles. The summed E-state index contributed by atoms with van der Waals surface area (Å²) in [5, 5.41) is 3.53. The molecule has 1 N–H and O–H groups in total. The van der Waals surface area contributed by atoms with Crippen LogP contribution < -0.4 is 10.1 Å². The summed E-state index contributed by atoms with van der Waals surface area (Å²) >= 11 is 0. The Hall–Kier alpha value is -3.06. The van der Waals surface area contributed by atoms with Gasteiger partial charge in [-0.15, -0.1) is 0 Å². The monoisotopic (exact) mass is 435 g/mol. The number of hydrogen-bond acceptors (Lipinski definition) is 5. The number of benzene rings is 2. The molecular weight excluding hydrogens is 406 g/mol. The quantitative estimate of drug-likeness (QED) is 0.753. The smallest absolute Gasteiger partial charge is 0.260 e. The number of hydrogen-bond donors (Lipinski definition) is 1. The third-order valence-corrected chi connectivity index (χ3v) is 6.47. The largest absolute Gasteiger partial charge is 0.483 e. The molecule has 2 fully saturated rings. The molecule has 2 saturated heterocycles. The fourth-order valence-corrected chi connectivity index (χ4v) is 4.77. The fourth-order valence-electron chi connectivity index (χ4n) is 4.77. The summed E-state index contributed by atoms with van der Waals surface area (Å²) in [5.74, 6) is 0.594. The fraction of sp³-hybridized carbons (Fsp3) is 0.440. The molecule has 2 atom stereocenters. The van der Waals surface area contributed by atoms with Crippen LogP contribution in [-0.4, -0.2) is 60.6 Å². The van der Waals surface area contributed by atoms with Gasteiger partial charge in [0.25, 0.3) is 11.8 Å².